The van der Waals surface area contributed by atoms with Crippen LogP contribution in [0, 0.1) is 0 Å². The third-order valence-electron chi connectivity index (χ3n) is 2.12. The van der Waals surface area contributed by atoms with Crippen LogP contribution in [0.3, 0.4) is 0 Å². The summed E-state index contributed by atoms with van der Waals surface area (Å²) >= 11 is 5.66. The maximum Gasteiger partial charge on any atom is 0.239 e. The van der Waals surface area contributed by atoms with Crippen LogP contribution in [0.5, 0.6) is 0 Å². The van der Waals surface area contributed by atoms with Gasteiger partial charge in [0.1, 0.15) is 17.3 Å². The summed E-state index contributed by atoms with van der Waals surface area (Å²) in [7, 11) is 0. The van der Waals surface area contributed by atoms with Gasteiger partial charge in [0.25, 0.3) is 0 Å². The van der Waals surface area contributed by atoms with Crippen LogP contribution in [0.2, 0.25) is 5.15 Å². The van der Waals surface area contributed by atoms with E-state index in [1.165, 1.54) is 12.4 Å². The minimum Gasteiger partial charge on any atom is -0.309 e. The summed E-state index contributed by atoms with van der Waals surface area (Å²) in [6.07, 6.45) is 2.28. The van der Waals surface area contributed by atoms with E-state index in [9.17, 15) is 4.79 Å². The maximum absolute atomic E-state index is 11.5. The Hall–Kier alpha value is -1.20. The van der Waals surface area contributed by atoms with Gasteiger partial charge in [-0.2, -0.15) is 0 Å². The molecule has 0 spiro atoms. The van der Waals surface area contributed by atoms with Gasteiger partial charge in [0.05, 0.1) is 6.54 Å². The van der Waals surface area contributed by atoms with Gasteiger partial charge in [-0.1, -0.05) is 18.5 Å². The number of hydrogen-bond donors (Lipinski definition) is 2. The van der Waals surface area contributed by atoms with Crippen molar-refractivity contribution in [3.63, 3.8) is 0 Å². The van der Waals surface area contributed by atoms with Crippen molar-refractivity contribution < 1.29 is 4.79 Å². The minimum atomic E-state index is -0.143. The van der Waals surface area contributed by atoms with Gasteiger partial charge in [0, 0.05) is 12.1 Å². The second kappa shape index (κ2) is 6.40. The molecule has 1 unspecified atom stereocenters. The number of halogens is 1. The number of nitrogens with zero attached hydrogens (tertiary/aromatic N) is 2. The molecule has 0 radical (unpaired) electrons. The molecule has 1 rings (SSSR count). The largest absolute Gasteiger partial charge is 0.309 e. The van der Waals surface area contributed by atoms with Gasteiger partial charge in [-0.3, -0.25) is 4.79 Å². The molecule has 1 aromatic heterocycles. The van der Waals surface area contributed by atoms with Crippen LogP contribution in [0.15, 0.2) is 12.4 Å². The molecule has 1 atom stereocenters. The Labute approximate surface area is 99.6 Å². The Bertz CT molecular complexity index is 358. The molecule has 0 bridgehead atoms. The number of nitrogens with one attached hydrogen (secondary N) is 2. The molecule has 16 heavy (non-hydrogen) atoms. The topological polar surface area (TPSA) is 66.9 Å². The number of carbonyl (C=O) groups excluding carboxylic acids is 1. The van der Waals surface area contributed by atoms with Crippen LogP contribution >= 0.6 is 11.6 Å². The summed E-state index contributed by atoms with van der Waals surface area (Å²) < 4.78 is 0. The van der Waals surface area contributed by atoms with E-state index in [1.807, 2.05) is 6.92 Å². The molecule has 0 saturated heterocycles. The van der Waals surface area contributed by atoms with E-state index < -0.39 is 0 Å². The van der Waals surface area contributed by atoms with E-state index in [1.54, 1.807) is 0 Å². The zero-order chi connectivity index (χ0) is 12.0. The fraction of sp³-hybridized carbons (Fsp3) is 0.500. The van der Waals surface area contributed by atoms with Gasteiger partial charge >= 0.3 is 0 Å². The lowest BCUT2D eigenvalue weighted by Crippen LogP contribution is -2.34. The monoisotopic (exact) mass is 242 g/mol. The van der Waals surface area contributed by atoms with E-state index in [2.05, 4.69) is 27.5 Å². The Morgan fingerprint density at radius 1 is 1.56 bits per heavy atom. The fourth-order valence-electron chi connectivity index (χ4n) is 1.00. The SMILES string of the molecule is CCC(C)NCC(=O)Nc1cc(Cl)ncn1. The van der Waals surface area contributed by atoms with Crippen molar-refractivity contribution in [3.05, 3.63) is 17.5 Å². The lowest BCUT2D eigenvalue weighted by Gasteiger charge is -2.10. The third-order valence-corrected chi connectivity index (χ3v) is 2.33. The number of hydrogen-bond acceptors (Lipinski definition) is 4. The van der Waals surface area contributed by atoms with Crippen LogP contribution in [0.4, 0.5) is 5.82 Å². The van der Waals surface area contributed by atoms with Crippen molar-refractivity contribution in [1.82, 2.24) is 15.3 Å². The van der Waals surface area contributed by atoms with E-state index in [4.69, 9.17) is 11.6 Å². The van der Waals surface area contributed by atoms with Gasteiger partial charge in [-0.25, -0.2) is 9.97 Å². The molecule has 0 saturated carbocycles. The van der Waals surface area contributed by atoms with E-state index in [-0.39, 0.29) is 12.5 Å². The van der Waals surface area contributed by atoms with Crippen molar-refractivity contribution in [2.45, 2.75) is 26.3 Å². The Balaban J connectivity index is 2.40. The molecule has 5 nitrogen and oxygen atoms in total. The molecule has 1 amide bonds. The third kappa shape index (κ3) is 4.55. The van der Waals surface area contributed by atoms with E-state index >= 15 is 0 Å². The average molecular weight is 243 g/mol. The highest BCUT2D eigenvalue weighted by Crippen LogP contribution is 2.07. The summed E-state index contributed by atoms with van der Waals surface area (Å²) in [5.74, 6) is 0.269. The van der Waals surface area contributed by atoms with Crippen molar-refractivity contribution >= 4 is 23.3 Å². The summed E-state index contributed by atoms with van der Waals surface area (Å²) in [6.45, 7) is 4.34. The molecule has 0 aromatic carbocycles. The fourth-order valence-corrected chi connectivity index (χ4v) is 1.15. The first-order valence-electron chi connectivity index (χ1n) is 5.12. The Morgan fingerprint density at radius 2 is 2.31 bits per heavy atom. The number of rotatable bonds is 5. The average Bonchev–Trinajstić information content (AvgIpc) is 2.26. The highest BCUT2D eigenvalue weighted by molar-refractivity contribution is 6.29. The summed E-state index contributed by atoms with van der Waals surface area (Å²) in [5, 5.41) is 6.01. The van der Waals surface area contributed by atoms with Crippen LogP contribution in [-0.2, 0) is 4.79 Å². The molecular formula is C10H15ClN4O. The molecule has 0 aliphatic carbocycles. The van der Waals surface area contributed by atoms with Crippen LogP contribution in [0.1, 0.15) is 20.3 Å². The highest BCUT2D eigenvalue weighted by Gasteiger charge is 2.05. The first-order chi connectivity index (χ1) is 7.61. The standard InChI is InChI=1S/C10H15ClN4O/c1-3-7(2)12-5-10(16)15-9-4-8(11)13-6-14-9/h4,6-7,12H,3,5H2,1-2H3,(H,13,14,15,16). The minimum absolute atomic E-state index is 0.143. The smallest absolute Gasteiger partial charge is 0.239 e. The van der Waals surface area contributed by atoms with Crippen molar-refractivity contribution in [1.29, 1.82) is 0 Å². The van der Waals surface area contributed by atoms with Gasteiger partial charge in [-0.05, 0) is 13.3 Å². The zero-order valence-electron chi connectivity index (χ0n) is 9.33. The summed E-state index contributed by atoms with van der Waals surface area (Å²) in [5.41, 5.74) is 0. The van der Waals surface area contributed by atoms with Gasteiger partial charge in [-0.15, -0.1) is 0 Å². The first kappa shape index (κ1) is 12.9. The normalized spacial score (nSPS) is 12.2. The highest BCUT2D eigenvalue weighted by atomic mass is 35.5. The van der Waals surface area contributed by atoms with Crippen molar-refractivity contribution in [3.8, 4) is 0 Å². The molecule has 1 heterocycles. The molecule has 0 fully saturated rings. The predicted molar refractivity (Wildman–Crippen MR) is 63.4 cm³/mol. The Morgan fingerprint density at radius 3 is 2.94 bits per heavy atom. The number of aromatic nitrogens is 2. The van der Waals surface area contributed by atoms with Gasteiger partial charge in [0.15, 0.2) is 0 Å². The number of amides is 1. The molecule has 2 N–H and O–H groups in total. The second-order valence-electron chi connectivity index (χ2n) is 3.46. The molecule has 1 aromatic rings. The molecule has 0 aliphatic heterocycles. The lowest BCUT2D eigenvalue weighted by molar-refractivity contribution is -0.115. The number of carbonyl (C=O) groups is 1. The zero-order valence-corrected chi connectivity index (χ0v) is 10.1. The van der Waals surface area contributed by atoms with E-state index in [0.717, 1.165) is 6.42 Å². The number of anilines is 1. The maximum atomic E-state index is 11.5. The molecule has 0 aliphatic rings. The predicted octanol–water partition coefficient (Wildman–Crippen LogP) is 1.46. The molecular weight excluding hydrogens is 228 g/mol. The van der Waals surface area contributed by atoms with Crippen LogP contribution in [-0.4, -0.2) is 28.5 Å². The van der Waals surface area contributed by atoms with Crippen LogP contribution in [0.25, 0.3) is 0 Å². The lowest BCUT2D eigenvalue weighted by atomic mass is 10.2. The van der Waals surface area contributed by atoms with Gasteiger partial charge < -0.3 is 10.6 Å². The van der Waals surface area contributed by atoms with Gasteiger partial charge in [0.2, 0.25) is 5.91 Å². The second-order valence-corrected chi connectivity index (χ2v) is 3.85. The van der Waals surface area contributed by atoms with Crippen LogP contribution < -0.4 is 10.6 Å². The quantitative estimate of drug-likeness (QED) is 0.767. The summed E-state index contributed by atoms with van der Waals surface area (Å²) in [4.78, 5) is 19.1. The summed E-state index contributed by atoms with van der Waals surface area (Å²) in [6, 6.07) is 1.82. The van der Waals surface area contributed by atoms with E-state index in [0.29, 0.717) is 17.0 Å². The van der Waals surface area contributed by atoms with Crippen molar-refractivity contribution in [2.75, 3.05) is 11.9 Å². The first-order valence-corrected chi connectivity index (χ1v) is 5.50. The molecule has 6 heteroatoms. The molecule has 88 valence electrons. The van der Waals surface area contributed by atoms with Crippen molar-refractivity contribution in [2.24, 2.45) is 0 Å². The Kier molecular flexibility index (Phi) is 5.14.